The number of carbonyl (C=O) groups excluding carboxylic acids is 2. The highest BCUT2D eigenvalue weighted by molar-refractivity contribution is 5.88. The van der Waals surface area contributed by atoms with Gasteiger partial charge in [-0.3, -0.25) is 9.59 Å². The summed E-state index contributed by atoms with van der Waals surface area (Å²) in [6, 6.07) is 7.32. The van der Waals surface area contributed by atoms with E-state index in [-0.39, 0.29) is 24.3 Å². The Kier molecular flexibility index (Phi) is 4.83. The van der Waals surface area contributed by atoms with Crippen molar-refractivity contribution in [2.75, 3.05) is 32.4 Å². The fourth-order valence-corrected chi connectivity index (χ4v) is 2.65. The Labute approximate surface area is 125 Å². The molecule has 2 amide bonds. The zero-order chi connectivity index (χ0) is 15.4. The maximum atomic E-state index is 12.4. The molecule has 2 rings (SSSR count). The molecule has 1 atom stereocenters. The van der Waals surface area contributed by atoms with Crippen LogP contribution in [0.1, 0.15) is 31.2 Å². The number of hydrogen-bond acceptors (Lipinski definition) is 3. The number of nitrogens with two attached hydrogens (primary N) is 1. The van der Waals surface area contributed by atoms with Crippen molar-refractivity contribution in [2.45, 2.75) is 25.7 Å². The highest BCUT2D eigenvalue weighted by Gasteiger charge is 2.24. The molecule has 1 aliphatic heterocycles. The van der Waals surface area contributed by atoms with Crippen LogP contribution in [0.25, 0.3) is 0 Å². The summed E-state index contributed by atoms with van der Waals surface area (Å²) in [4.78, 5) is 27.8. The molecule has 0 radical (unpaired) electrons. The van der Waals surface area contributed by atoms with E-state index in [0.29, 0.717) is 5.69 Å². The molecule has 1 heterocycles. The first-order valence-electron chi connectivity index (χ1n) is 7.37. The van der Waals surface area contributed by atoms with Gasteiger partial charge in [0, 0.05) is 25.8 Å². The smallest absolute Gasteiger partial charge is 0.242 e. The van der Waals surface area contributed by atoms with Gasteiger partial charge < -0.3 is 15.5 Å². The van der Waals surface area contributed by atoms with Crippen molar-refractivity contribution >= 4 is 17.5 Å². The minimum Gasteiger partial charge on any atom is -0.399 e. The fourth-order valence-electron chi connectivity index (χ4n) is 2.65. The number of hydrogen-bond donors (Lipinski definition) is 1. The first kappa shape index (κ1) is 15.4. The Hall–Kier alpha value is -2.04. The number of benzene rings is 1. The van der Waals surface area contributed by atoms with Crippen LogP contribution in [0.2, 0.25) is 0 Å². The van der Waals surface area contributed by atoms with Gasteiger partial charge in [0.2, 0.25) is 11.8 Å². The average Bonchev–Trinajstić information content (AvgIpc) is 2.99. The zero-order valence-corrected chi connectivity index (χ0v) is 12.7. The summed E-state index contributed by atoms with van der Waals surface area (Å²) >= 11 is 0. The summed E-state index contributed by atoms with van der Waals surface area (Å²) in [7, 11) is 1.68. The number of anilines is 1. The first-order valence-corrected chi connectivity index (χ1v) is 7.37. The Balaban J connectivity index is 1.96. The predicted octanol–water partition coefficient (Wildman–Crippen LogP) is 1.45. The van der Waals surface area contributed by atoms with Gasteiger partial charge in [0.1, 0.15) is 0 Å². The Morgan fingerprint density at radius 3 is 2.62 bits per heavy atom. The molecule has 1 saturated heterocycles. The van der Waals surface area contributed by atoms with Crippen molar-refractivity contribution in [3.63, 3.8) is 0 Å². The molecular formula is C16H23N3O2. The normalized spacial score (nSPS) is 15.8. The lowest BCUT2D eigenvalue weighted by atomic mass is 9.99. The summed E-state index contributed by atoms with van der Waals surface area (Å²) < 4.78 is 0. The Morgan fingerprint density at radius 1 is 1.33 bits per heavy atom. The van der Waals surface area contributed by atoms with Crippen LogP contribution < -0.4 is 5.73 Å². The lowest BCUT2D eigenvalue weighted by Gasteiger charge is -2.24. The lowest BCUT2D eigenvalue weighted by Crippen LogP contribution is -2.41. The second kappa shape index (κ2) is 6.61. The molecule has 1 fully saturated rings. The van der Waals surface area contributed by atoms with Crippen molar-refractivity contribution in [2.24, 2.45) is 0 Å². The molecule has 0 spiro atoms. The van der Waals surface area contributed by atoms with E-state index in [1.165, 1.54) is 4.90 Å². The largest absolute Gasteiger partial charge is 0.399 e. The maximum absolute atomic E-state index is 12.4. The van der Waals surface area contributed by atoms with E-state index in [0.717, 1.165) is 31.5 Å². The second-order valence-corrected chi connectivity index (χ2v) is 5.67. The number of rotatable bonds is 4. The van der Waals surface area contributed by atoms with Crippen LogP contribution in [0.15, 0.2) is 24.3 Å². The summed E-state index contributed by atoms with van der Waals surface area (Å²) in [5, 5.41) is 0. The molecule has 0 aromatic heterocycles. The van der Waals surface area contributed by atoms with Gasteiger partial charge >= 0.3 is 0 Å². The third-order valence-corrected chi connectivity index (χ3v) is 3.99. The van der Waals surface area contributed by atoms with E-state index >= 15 is 0 Å². The van der Waals surface area contributed by atoms with Gasteiger partial charge in [-0.1, -0.05) is 12.1 Å². The fraction of sp³-hybridized carbons (Fsp3) is 0.500. The minimum atomic E-state index is -0.301. The minimum absolute atomic E-state index is 0.0307. The number of nitrogen functional groups attached to an aromatic ring is 1. The molecular weight excluding hydrogens is 266 g/mol. The van der Waals surface area contributed by atoms with Crippen LogP contribution in [-0.2, 0) is 9.59 Å². The molecule has 0 bridgehead atoms. The van der Waals surface area contributed by atoms with Crippen LogP contribution >= 0.6 is 0 Å². The third kappa shape index (κ3) is 3.74. The van der Waals surface area contributed by atoms with E-state index < -0.39 is 0 Å². The van der Waals surface area contributed by atoms with Gasteiger partial charge in [-0.05, 0) is 37.5 Å². The molecule has 1 aliphatic rings. The third-order valence-electron chi connectivity index (χ3n) is 3.99. The van der Waals surface area contributed by atoms with Gasteiger partial charge in [-0.25, -0.2) is 0 Å². The standard InChI is InChI=1S/C16H23N3O2/c1-12(13-6-5-7-14(17)10-13)16(21)18(2)11-15(20)19-8-3-4-9-19/h5-7,10,12H,3-4,8-9,11,17H2,1-2H3. The molecule has 5 heteroatoms. The van der Waals surface area contributed by atoms with E-state index in [9.17, 15) is 9.59 Å². The van der Waals surface area contributed by atoms with Crippen molar-refractivity contribution in [3.05, 3.63) is 29.8 Å². The van der Waals surface area contributed by atoms with Crippen LogP contribution in [0.5, 0.6) is 0 Å². The highest BCUT2D eigenvalue weighted by atomic mass is 16.2. The monoisotopic (exact) mass is 289 g/mol. The summed E-state index contributed by atoms with van der Waals surface area (Å²) in [5.74, 6) is -0.332. The summed E-state index contributed by atoms with van der Waals surface area (Å²) in [6.45, 7) is 3.61. The first-order chi connectivity index (χ1) is 9.99. The van der Waals surface area contributed by atoms with E-state index in [4.69, 9.17) is 5.73 Å². The van der Waals surface area contributed by atoms with Gasteiger partial charge in [-0.2, -0.15) is 0 Å². The SMILES string of the molecule is CC(C(=O)N(C)CC(=O)N1CCCC1)c1cccc(N)c1. The number of nitrogens with zero attached hydrogens (tertiary/aromatic N) is 2. The zero-order valence-electron chi connectivity index (χ0n) is 12.7. The van der Waals surface area contributed by atoms with Crippen LogP contribution in [-0.4, -0.2) is 48.3 Å². The van der Waals surface area contributed by atoms with Gasteiger partial charge in [0.15, 0.2) is 0 Å². The molecule has 5 nitrogen and oxygen atoms in total. The predicted molar refractivity (Wildman–Crippen MR) is 82.7 cm³/mol. The van der Waals surface area contributed by atoms with Gasteiger partial charge in [-0.15, -0.1) is 0 Å². The lowest BCUT2D eigenvalue weighted by molar-refractivity contribution is -0.139. The summed E-state index contributed by atoms with van der Waals surface area (Å²) in [5.41, 5.74) is 7.27. The van der Waals surface area contributed by atoms with E-state index in [1.807, 2.05) is 24.0 Å². The van der Waals surface area contributed by atoms with Crippen LogP contribution in [0.4, 0.5) is 5.69 Å². The number of likely N-dealkylation sites (N-methyl/N-ethyl adjacent to an activating group) is 1. The maximum Gasteiger partial charge on any atom is 0.242 e. The van der Waals surface area contributed by atoms with E-state index in [2.05, 4.69) is 0 Å². The number of amides is 2. The number of carbonyl (C=O) groups is 2. The molecule has 1 unspecified atom stereocenters. The molecule has 1 aromatic rings. The average molecular weight is 289 g/mol. The van der Waals surface area contributed by atoms with E-state index in [1.54, 1.807) is 19.2 Å². The van der Waals surface area contributed by atoms with Crippen LogP contribution in [0, 0.1) is 0 Å². The molecule has 0 saturated carbocycles. The highest BCUT2D eigenvalue weighted by Crippen LogP contribution is 2.20. The summed E-state index contributed by atoms with van der Waals surface area (Å²) in [6.07, 6.45) is 2.12. The molecule has 1 aromatic carbocycles. The molecule has 2 N–H and O–H groups in total. The molecule has 114 valence electrons. The topological polar surface area (TPSA) is 66.6 Å². The quantitative estimate of drug-likeness (QED) is 0.853. The van der Waals surface area contributed by atoms with Crippen LogP contribution in [0.3, 0.4) is 0 Å². The molecule has 21 heavy (non-hydrogen) atoms. The van der Waals surface area contributed by atoms with Crippen molar-refractivity contribution in [1.82, 2.24) is 9.80 Å². The number of likely N-dealkylation sites (tertiary alicyclic amines) is 1. The van der Waals surface area contributed by atoms with Crippen molar-refractivity contribution in [3.8, 4) is 0 Å². The Bertz CT molecular complexity index is 524. The second-order valence-electron chi connectivity index (χ2n) is 5.67. The van der Waals surface area contributed by atoms with Gasteiger partial charge in [0.25, 0.3) is 0 Å². The van der Waals surface area contributed by atoms with Crippen molar-refractivity contribution in [1.29, 1.82) is 0 Å². The molecule has 0 aliphatic carbocycles. The van der Waals surface area contributed by atoms with Gasteiger partial charge in [0.05, 0.1) is 12.5 Å². The van der Waals surface area contributed by atoms with Crippen molar-refractivity contribution < 1.29 is 9.59 Å². The Morgan fingerprint density at radius 2 is 2.00 bits per heavy atom.